The van der Waals surface area contributed by atoms with Gasteiger partial charge in [-0.25, -0.2) is 14.2 Å². The van der Waals surface area contributed by atoms with Crippen LogP contribution < -0.4 is 5.73 Å². The second-order valence-electron chi connectivity index (χ2n) is 3.69. The van der Waals surface area contributed by atoms with E-state index in [-0.39, 0.29) is 16.5 Å². The number of carbonyl (C=O) groups excluding carboxylic acids is 1. The highest BCUT2D eigenvalue weighted by Gasteiger charge is 2.17. The smallest absolute Gasteiger partial charge is 0.359 e. The average Bonchev–Trinajstić information content (AvgIpc) is 2.74. The van der Waals surface area contributed by atoms with Crippen molar-refractivity contribution in [3.63, 3.8) is 0 Å². The predicted octanol–water partition coefficient (Wildman–Crippen LogP) is 2.63. The molecule has 0 aliphatic heterocycles. The van der Waals surface area contributed by atoms with Crippen LogP contribution in [0.1, 0.15) is 16.1 Å². The molecule has 0 spiro atoms. The lowest BCUT2D eigenvalue weighted by atomic mass is 10.1. The van der Waals surface area contributed by atoms with E-state index in [0.29, 0.717) is 16.1 Å². The standard InChI is InChI=1S/C12H11FN2O2S/c1-6-3-4-7(5-8(6)13)11-15-9(10(14)18-11)12(16)17-2/h3-5H,14H2,1-2H3. The van der Waals surface area contributed by atoms with E-state index >= 15 is 0 Å². The molecule has 2 N–H and O–H groups in total. The zero-order valence-corrected chi connectivity index (χ0v) is 10.7. The van der Waals surface area contributed by atoms with Crippen molar-refractivity contribution in [1.82, 2.24) is 4.98 Å². The quantitative estimate of drug-likeness (QED) is 0.849. The van der Waals surface area contributed by atoms with E-state index in [1.807, 2.05) is 0 Å². The topological polar surface area (TPSA) is 65.2 Å². The number of thiazole rings is 1. The van der Waals surface area contributed by atoms with E-state index in [0.717, 1.165) is 11.3 Å². The van der Waals surface area contributed by atoms with Crippen molar-refractivity contribution in [3.05, 3.63) is 35.3 Å². The first-order chi connectivity index (χ1) is 8.52. The molecule has 0 atom stereocenters. The molecule has 1 aromatic carbocycles. The molecule has 0 unspecified atom stereocenters. The maximum Gasteiger partial charge on any atom is 0.359 e. The Morgan fingerprint density at radius 3 is 2.83 bits per heavy atom. The van der Waals surface area contributed by atoms with E-state index < -0.39 is 5.97 Å². The molecule has 1 aromatic heterocycles. The van der Waals surface area contributed by atoms with Gasteiger partial charge in [0.1, 0.15) is 15.8 Å². The van der Waals surface area contributed by atoms with Crippen LogP contribution in [0, 0.1) is 12.7 Å². The minimum atomic E-state index is -0.595. The van der Waals surface area contributed by atoms with Gasteiger partial charge < -0.3 is 10.5 Å². The summed E-state index contributed by atoms with van der Waals surface area (Å²) in [5.41, 5.74) is 6.89. The monoisotopic (exact) mass is 266 g/mol. The van der Waals surface area contributed by atoms with Crippen molar-refractivity contribution < 1.29 is 13.9 Å². The highest BCUT2D eigenvalue weighted by molar-refractivity contribution is 7.19. The molecule has 18 heavy (non-hydrogen) atoms. The molecule has 0 aliphatic rings. The Morgan fingerprint density at radius 1 is 1.50 bits per heavy atom. The molecule has 0 saturated carbocycles. The van der Waals surface area contributed by atoms with Crippen LogP contribution >= 0.6 is 11.3 Å². The van der Waals surface area contributed by atoms with E-state index in [4.69, 9.17) is 5.73 Å². The number of hydrogen-bond acceptors (Lipinski definition) is 5. The van der Waals surface area contributed by atoms with E-state index in [1.54, 1.807) is 19.1 Å². The summed E-state index contributed by atoms with van der Waals surface area (Å²) in [5.74, 6) is -0.913. The highest BCUT2D eigenvalue weighted by atomic mass is 32.1. The minimum absolute atomic E-state index is 0.0680. The van der Waals surface area contributed by atoms with Crippen LogP contribution in [0.25, 0.3) is 10.6 Å². The summed E-state index contributed by atoms with van der Waals surface area (Å²) in [4.78, 5) is 15.4. The Morgan fingerprint density at radius 2 is 2.22 bits per heavy atom. The van der Waals surface area contributed by atoms with Gasteiger partial charge >= 0.3 is 5.97 Å². The number of rotatable bonds is 2. The lowest BCUT2D eigenvalue weighted by molar-refractivity contribution is 0.0596. The number of benzene rings is 1. The zero-order valence-electron chi connectivity index (χ0n) is 9.86. The molecule has 0 fully saturated rings. The molecule has 0 saturated heterocycles. The maximum absolute atomic E-state index is 13.5. The van der Waals surface area contributed by atoms with Crippen molar-refractivity contribution >= 4 is 22.3 Å². The Hall–Kier alpha value is -1.95. The van der Waals surface area contributed by atoms with Gasteiger partial charge in [0.25, 0.3) is 0 Å². The number of carbonyl (C=O) groups is 1. The summed E-state index contributed by atoms with van der Waals surface area (Å²) in [6.45, 7) is 1.68. The number of nitrogens with two attached hydrogens (primary N) is 1. The number of aryl methyl sites for hydroxylation is 1. The van der Waals surface area contributed by atoms with Gasteiger partial charge in [-0.3, -0.25) is 0 Å². The lowest BCUT2D eigenvalue weighted by Gasteiger charge is -1.99. The molecule has 0 aliphatic carbocycles. The number of nitrogens with zero attached hydrogens (tertiary/aromatic N) is 1. The zero-order chi connectivity index (χ0) is 13.3. The molecule has 2 aromatic rings. The highest BCUT2D eigenvalue weighted by Crippen LogP contribution is 2.31. The molecule has 4 nitrogen and oxygen atoms in total. The second-order valence-corrected chi connectivity index (χ2v) is 4.72. The Kier molecular flexibility index (Phi) is 3.29. The van der Waals surface area contributed by atoms with E-state index in [2.05, 4.69) is 9.72 Å². The van der Waals surface area contributed by atoms with Gasteiger partial charge in [0.05, 0.1) is 7.11 Å². The molecule has 0 bridgehead atoms. The first-order valence-corrected chi connectivity index (χ1v) is 5.95. The summed E-state index contributed by atoms with van der Waals surface area (Å²) in [6.07, 6.45) is 0. The van der Waals surface area contributed by atoms with Crippen molar-refractivity contribution in [1.29, 1.82) is 0 Å². The van der Waals surface area contributed by atoms with Gasteiger partial charge in [-0.15, -0.1) is 0 Å². The third-order valence-electron chi connectivity index (χ3n) is 2.45. The van der Waals surface area contributed by atoms with Crippen molar-refractivity contribution in [3.8, 4) is 10.6 Å². The van der Waals surface area contributed by atoms with Crippen molar-refractivity contribution in [2.75, 3.05) is 12.8 Å². The van der Waals surface area contributed by atoms with Gasteiger partial charge in [0, 0.05) is 5.56 Å². The van der Waals surface area contributed by atoms with Gasteiger partial charge in [0.15, 0.2) is 5.69 Å². The normalized spacial score (nSPS) is 10.4. The molecule has 1 heterocycles. The van der Waals surface area contributed by atoms with Crippen molar-refractivity contribution in [2.24, 2.45) is 0 Å². The van der Waals surface area contributed by atoms with Crippen LogP contribution in [0.2, 0.25) is 0 Å². The van der Waals surface area contributed by atoms with Crippen LogP contribution in [0.3, 0.4) is 0 Å². The van der Waals surface area contributed by atoms with Crippen molar-refractivity contribution in [2.45, 2.75) is 6.92 Å². The first kappa shape index (κ1) is 12.5. The summed E-state index contributed by atoms with van der Waals surface area (Å²) in [6, 6.07) is 4.76. The fraction of sp³-hybridized carbons (Fsp3) is 0.167. The Balaban J connectivity index is 2.45. The number of halogens is 1. The third-order valence-corrected chi connectivity index (χ3v) is 3.38. The molecule has 94 valence electrons. The van der Waals surface area contributed by atoms with Crippen LogP contribution in [0.4, 0.5) is 9.39 Å². The number of anilines is 1. The molecule has 6 heteroatoms. The number of aromatic nitrogens is 1. The van der Waals surface area contributed by atoms with E-state index in [9.17, 15) is 9.18 Å². The number of ether oxygens (including phenoxy) is 1. The van der Waals surface area contributed by atoms with Gasteiger partial charge in [0.2, 0.25) is 0 Å². The maximum atomic E-state index is 13.5. The number of esters is 1. The van der Waals surface area contributed by atoms with E-state index in [1.165, 1.54) is 13.2 Å². The summed E-state index contributed by atoms with van der Waals surface area (Å²) in [5, 5.41) is 0.754. The Bertz CT molecular complexity index is 610. The molecular weight excluding hydrogens is 255 g/mol. The average molecular weight is 266 g/mol. The molecule has 2 rings (SSSR count). The third kappa shape index (κ3) is 2.19. The second kappa shape index (κ2) is 4.73. The lowest BCUT2D eigenvalue weighted by Crippen LogP contribution is -2.04. The van der Waals surface area contributed by atoms with Crippen LogP contribution in [0.5, 0.6) is 0 Å². The summed E-state index contributed by atoms with van der Waals surface area (Å²) >= 11 is 1.12. The fourth-order valence-electron chi connectivity index (χ4n) is 1.42. The molecule has 0 amide bonds. The summed E-state index contributed by atoms with van der Waals surface area (Å²) < 4.78 is 18.0. The van der Waals surface area contributed by atoms with Crippen LogP contribution in [-0.4, -0.2) is 18.1 Å². The minimum Gasteiger partial charge on any atom is -0.464 e. The molecular formula is C12H11FN2O2S. The fourth-order valence-corrected chi connectivity index (χ4v) is 2.24. The van der Waals surface area contributed by atoms with Gasteiger partial charge in [-0.05, 0) is 18.6 Å². The van der Waals surface area contributed by atoms with Gasteiger partial charge in [-0.1, -0.05) is 23.5 Å². The largest absolute Gasteiger partial charge is 0.464 e. The van der Waals surface area contributed by atoms with Crippen LogP contribution in [-0.2, 0) is 4.74 Å². The number of methoxy groups -OCH3 is 1. The number of nitrogen functional groups attached to an aromatic ring is 1. The van der Waals surface area contributed by atoms with Gasteiger partial charge in [-0.2, -0.15) is 0 Å². The first-order valence-electron chi connectivity index (χ1n) is 5.14. The Labute approximate surface area is 107 Å². The van der Waals surface area contributed by atoms with Crippen LogP contribution in [0.15, 0.2) is 18.2 Å². The molecule has 0 radical (unpaired) electrons. The SMILES string of the molecule is COC(=O)c1nc(-c2ccc(C)c(F)c2)sc1N. The number of hydrogen-bond donors (Lipinski definition) is 1. The summed E-state index contributed by atoms with van der Waals surface area (Å²) in [7, 11) is 1.26. The predicted molar refractivity (Wildman–Crippen MR) is 68.0 cm³/mol.